The predicted octanol–water partition coefficient (Wildman–Crippen LogP) is 6.57. The van der Waals surface area contributed by atoms with E-state index in [0.717, 1.165) is 47.5 Å². The Kier molecular flexibility index (Phi) is 10.9. The molecule has 5 nitrogen and oxygen atoms in total. The van der Waals surface area contributed by atoms with Gasteiger partial charge >= 0.3 is 0 Å². The molecule has 0 unspecified atom stereocenters. The second kappa shape index (κ2) is 14.8. The number of hydrogen-bond acceptors (Lipinski definition) is 4. The molecule has 0 heterocycles. The molecule has 4 rings (SSSR count). The van der Waals surface area contributed by atoms with Gasteiger partial charge in [-0.15, -0.1) is 11.8 Å². The molecule has 2 amide bonds. The van der Waals surface area contributed by atoms with Crippen LogP contribution in [-0.4, -0.2) is 41.7 Å². The van der Waals surface area contributed by atoms with Gasteiger partial charge in [0.05, 0.1) is 7.11 Å². The number of carbonyl (C=O) groups is 2. The Morgan fingerprint density at radius 3 is 2.38 bits per heavy atom. The first-order valence-corrected chi connectivity index (χ1v) is 15.0. The number of methoxy groups -OCH3 is 1. The van der Waals surface area contributed by atoms with Gasteiger partial charge in [-0.25, -0.2) is 0 Å². The molecule has 0 aliphatic heterocycles. The van der Waals surface area contributed by atoms with Crippen LogP contribution in [0.2, 0.25) is 0 Å². The maximum absolute atomic E-state index is 13.9. The van der Waals surface area contributed by atoms with Crippen molar-refractivity contribution >= 4 is 23.6 Å². The van der Waals surface area contributed by atoms with Gasteiger partial charge in [0.25, 0.3) is 0 Å². The molecule has 0 saturated heterocycles. The summed E-state index contributed by atoms with van der Waals surface area (Å²) in [6.45, 7) is 2.42. The van der Waals surface area contributed by atoms with E-state index < -0.39 is 6.04 Å². The Labute approximate surface area is 237 Å². The molecule has 1 saturated carbocycles. The fourth-order valence-corrected chi connectivity index (χ4v) is 5.94. The first-order chi connectivity index (χ1) is 19.0. The average molecular weight is 545 g/mol. The first-order valence-electron chi connectivity index (χ1n) is 14.0. The molecule has 1 atom stereocenters. The average Bonchev–Trinajstić information content (AvgIpc) is 2.97. The second-order valence-electron chi connectivity index (χ2n) is 10.3. The number of thioether (sulfide) groups is 1. The maximum Gasteiger partial charge on any atom is 0.243 e. The predicted molar refractivity (Wildman–Crippen MR) is 159 cm³/mol. The molecule has 1 N–H and O–H groups in total. The molecular weight excluding hydrogens is 504 g/mol. The van der Waals surface area contributed by atoms with Gasteiger partial charge in [0.1, 0.15) is 11.8 Å². The number of ether oxygens (including phenoxy) is 1. The van der Waals surface area contributed by atoms with E-state index in [1.165, 1.54) is 12.0 Å². The van der Waals surface area contributed by atoms with Crippen molar-refractivity contribution in [1.29, 1.82) is 0 Å². The third-order valence-electron chi connectivity index (χ3n) is 7.32. The summed E-state index contributed by atoms with van der Waals surface area (Å²) >= 11 is 1.67. The zero-order valence-corrected chi connectivity index (χ0v) is 23.9. The van der Waals surface area contributed by atoms with Gasteiger partial charge in [-0.2, -0.15) is 0 Å². The van der Waals surface area contributed by atoms with E-state index in [4.69, 9.17) is 4.74 Å². The van der Waals surface area contributed by atoms with Crippen molar-refractivity contribution in [1.82, 2.24) is 10.2 Å². The number of nitrogens with one attached hydrogen (secondary N) is 1. The third kappa shape index (κ3) is 8.89. The van der Waals surface area contributed by atoms with Crippen molar-refractivity contribution in [2.24, 2.45) is 0 Å². The van der Waals surface area contributed by atoms with Crippen LogP contribution in [0.25, 0.3) is 0 Å². The zero-order chi connectivity index (χ0) is 27.5. The first kappa shape index (κ1) is 28.8. The molecule has 1 aliphatic carbocycles. The molecule has 0 aromatic heterocycles. The summed E-state index contributed by atoms with van der Waals surface area (Å²) in [5.41, 5.74) is 3.20. The van der Waals surface area contributed by atoms with Gasteiger partial charge in [-0.3, -0.25) is 9.59 Å². The van der Waals surface area contributed by atoms with Crippen molar-refractivity contribution in [3.63, 3.8) is 0 Å². The molecule has 206 valence electrons. The van der Waals surface area contributed by atoms with Crippen LogP contribution in [0.1, 0.15) is 55.2 Å². The number of amides is 2. The minimum atomic E-state index is -0.600. The molecule has 39 heavy (non-hydrogen) atoms. The molecule has 6 heteroatoms. The summed E-state index contributed by atoms with van der Waals surface area (Å²) in [4.78, 5) is 30.7. The highest BCUT2D eigenvalue weighted by atomic mass is 32.2. The van der Waals surface area contributed by atoms with Gasteiger partial charge < -0.3 is 15.0 Å². The Morgan fingerprint density at radius 2 is 1.67 bits per heavy atom. The summed E-state index contributed by atoms with van der Waals surface area (Å²) in [7, 11) is 1.64. The van der Waals surface area contributed by atoms with Crippen LogP contribution in [0.4, 0.5) is 0 Å². The lowest BCUT2D eigenvalue weighted by molar-refractivity contribution is -0.141. The van der Waals surface area contributed by atoms with Crippen molar-refractivity contribution in [3.8, 4) is 5.75 Å². The monoisotopic (exact) mass is 544 g/mol. The van der Waals surface area contributed by atoms with Crippen molar-refractivity contribution in [2.45, 2.75) is 75.4 Å². The lowest BCUT2D eigenvalue weighted by atomic mass is 9.94. The molecule has 0 bridgehead atoms. The molecule has 1 aliphatic rings. The maximum atomic E-state index is 13.9. The number of benzene rings is 3. The van der Waals surface area contributed by atoms with Gasteiger partial charge in [0, 0.05) is 36.1 Å². The number of aryl methyl sites for hydroxylation is 1. The van der Waals surface area contributed by atoms with Crippen LogP contribution >= 0.6 is 11.8 Å². The Balaban J connectivity index is 1.57. The topological polar surface area (TPSA) is 58.6 Å². The number of rotatable bonds is 12. The number of carbonyl (C=O) groups excluding carboxylic acids is 2. The third-order valence-corrected chi connectivity index (χ3v) is 8.33. The zero-order valence-electron chi connectivity index (χ0n) is 23.1. The molecule has 3 aromatic rings. The van der Waals surface area contributed by atoms with Crippen LogP contribution < -0.4 is 10.1 Å². The van der Waals surface area contributed by atoms with Crippen LogP contribution in [0.5, 0.6) is 5.75 Å². The minimum absolute atomic E-state index is 0.0165. The lowest BCUT2D eigenvalue weighted by Crippen LogP contribution is -2.52. The van der Waals surface area contributed by atoms with Crippen molar-refractivity contribution in [3.05, 3.63) is 95.6 Å². The Bertz CT molecular complexity index is 1190. The largest absolute Gasteiger partial charge is 0.497 e. The van der Waals surface area contributed by atoms with E-state index in [-0.39, 0.29) is 17.9 Å². The SMILES string of the molecule is COc1cccc(CN(C(=O)CCSc2ccc(C)cc2)[C@H](Cc2ccccc2)C(=O)NC2CCCCC2)c1. The van der Waals surface area contributed by atoms with E-state index in [9.17, 15) is 9.59 Å². The Hall–Kier alpha value is -3.25. The Morgan fingerprint density at radius 1 is 0.949 bits per heavy atom. The van der Waals surface area contributed by atoms with E-state index >= 15 is 0 Å². The van der Waals surface area contributed by atoms with E-state index in [1.54, 1.807) is 23.8 Å². The van der Waals surface area contributed by atoms with E-state index in [0.29, 0.717) is 25.1 Å². The number of nitrogens with zero attached hydrogens (tertiary/aromatic N) is 1. The van der Waals surface area contributed by atoms with Gasteiger partial charge in [-0.05, 0) is 55.2 Å². The fourth-order valence-electron chi connectivity index (χ4n) is 5.10. The molecular formula is C33H40N2O3S. The van der Waals surface area contributed by atoms with Crippen LogP contribution in [0.3, 0.4) is 0 Å². The molecule has 1 fully saturated rings. The highest BCUT2D eigenvalue weighted by molar-refractivity contribution is 7.99. The lowest BCUT2D eigenvalue weighted by Gasteiger charge is -2.33. The van der Waals surface area contributed by atoms with Crippen LogP contribution in [0.15, 0.2) is 83.8 Å². The van der Waals surface area contributed by atoms with E-state index in [2.05, 4.69) is 36.5 Å². The fraction of sp³-hybridized carbons (Fsp3) is 0.394. The smallest absolute Gasteiger partial charge is 0.243 e. The number of hydrogen-bond donors (Lipinski definition) is 1. The van der Waals surface area contributed by atoms with Crippen molar-refractivity contribution in [2.75, 3.05) is 12.9 Å². The summed E-state index contributed by atoms with van der Waals surface area (Å²) in [5.74, 6) is 1.31. The van der Waals surface area contributed by atoms with Gasteiger partial charge in [0.15, 0.2) is 0 Å². The second-order valence-corrected chi connectivity index (χ2v) is 11.5. The van der Waals surface area contributed by atoms with Crippen LogP contribution in [0, 0.1) is 6.92 Å². The molecule has 0 spiro atoms. The van der Waals surface area contributed by atoms with E-state index in [1.807, 2.05) is 54.6 Å². The summed E-state index contributed by atoms with van der Waals surface area (Å²) in [6.07, 6.45) is 6.32. The quantitative estimate of drug-likeness (QED) is 0.262. The van der Waals surface area contributed by atoms with Gasteiger partial charge in [-0.1, -0.05) is 79.4 Å². The molecule has 0 radical (unpaired) electrons. The van der Waals surface area contributed by atoms with Crippen molar-refractivity contribution < 1.29 is 14.3 Å². The highest BCUT2D eigenvalue weighted by Gasteiger charge is 2.31. The summed E-state index contributed by atoms with van der Waals surface area (Å²) in [6, 6.07) is 25.7. The van der Waals surface area contributed by atoms with Gasteiger partial charge in [0.2, 0.25) is 11.8 Å². The van der Waals surface area contributed by atoms with Crippen LogP contribution in [-0.2, 0) is 22.6 Å². The summed E-state index contributed by atoms with van der Waals surface area (Å²) in [5, 5.41) is 3.31. The highest BCUT2D eigenvalue weighted by Crippen LogP contribution is 2.23. The standard InChI is InChI=1S/C33H40N2O3S/c1-25-16-18-30(19-17-25)39-21-20-32(36)35(24-27-12-9-15-29(22-27)38-2)31(23-26-10-5-3-6-11-26)33(37)34-28-13-7-4-8-14-28/h3,5-6,9-12,15-19,22,28,31H,4,7-8,13-14,20-21,23-24H2,1-2H3,(H,34,37)/t31-/m1/s1. The minimum Gasteiger partial charge on any atom is -0.497 e. The molecule has 3 aromatic carbocycles. The normalized spacial score (nSPS) is 14.4. The summed E-state index contributed by atoms with van der Waals surface area (Å²) < 4.78 is 5.44.